The number of methoxy groups -OCH3 is 1. The van der Waals surface area contributed by atoms with Crippen LogP contribution in [-0.2, 0) is 32.2 Å². The zero-order valence-corrected chi connectivity index (χ0v) is 26.7. The van der Waals surface area contributed by atoms with Crippen molar-refractivity contribution in [3.05, 3.63) is 119 Å². The topological polar surface area (TPSA) is 114 Å². The molecule has 3 N–H and O–H groups in total. The van der Waals surface area contributed by atoms with Crippen molar-refractivity contribution in [1.82, 2.24) is 5.32 Å². The second kappa shape index (κ2) is 15.9. The fraction of sp³-hybridized carbons (Fsp3) is 0.297. The lowest BCUT2D eigenvalue weighted by molar-refractivity contribution is -0.268. The van der Waals surface area contributed by atoms with Crippen molar-refractivity contribution in [3.63, 3.8) is 0 Å². The first-order valence-corrected chi connectivity index (χ1v) is 16.3. The van der Waals surface area contributed by atoms with Crippen molar-refractivity contribution in [2.24, 2.45) is 5.92 Å². The van der Waals surface area contributed by atoms with Gasteiger partial charge < -0.3 is 29.7 Å². The Labute approximate surface area is 273 Å². The molecule has 9 heteroatoms. The molecule has 0 radical (unpaired) electrons. The maximum atomic E-state index is 12.0. The van der Waals surface area contributed by atoms with Crippen LogP contribution in [0.2, 0.25) is 0 Å². The minimum Gasteiger partial charge on any atom is -0.496 e. The highest BCUT2D eigenvalue weighted by Gasteiger charge is 2.38. The second-order valence-electron chi connectivity index (χ2n) is 11.3. The number of carboxylic acid groups (broad SMARTS) is 1. The summed E-state index contributed by atoms with van der Waals surface area (Å²) in [5.74, 6) is 0.283. The molecule has 1 saturated heterocycles. The van der Waals surface area contributed by atoms with E-state index in [1.165, 1.54) is 0 Å². The van der Waals surface area contributed by atoms with Gasteiger partial charge in [0, 0.05) is 35.1 Å². The summed E-state index contributed by atoms with van der Waals surface area (Å²) in [4.78, 5) is 23.9. The van der Waals surface area contributed by atoms with Crippen LogP contribution in [0.3, 0.4) is 0 Å². The number of carbonyl (C=O) groups is 2. The lowest BCUT2D eigenvalue weighted by Gasteiger charge is -2.41. The van der Waals surface area contributed by atoms with Crippen LogP contribution in [0.1, 0.15) is 54.4 Å². The first-order valence-electron chi connectivity index (χ1n) is 15.3. The minimum absolute atomic E-state index is 0.0175. The number of rotatable bonds is 13. The number of aliphatic hydroxyl groups excluding tert-OH is 1. The van der Waals surface area contributed by atoms with E-state index in [4.69, 9.17) is 19.3 Å². The second-order valence-corrected chi connectivity index (χ2v) is 12.3. The normalized spacial score (nSPS) is 19.4. The standard InChI is InChI=1S/C37H39NO7S/c1-24-32(23-46-33-12-4-3-11-31(33)43-2)44-37(45-36(24)27-15-13-25(22-39)14-16-27)30-10-6-9-29(20-30)28-8-5-7-26(19-28)21-38-34(40)17-18-35(41)42/h3-16,19-20,24,32,36-37,39H,17-18,21-23H2,1-2H3,(H,38,40)(H,41,42)/t24-,32+,36+,37+/m0/s1. The summed E-state index contributed by atoms with van der Waals surface area (Å²) in [7, 11) is 1.68. The molecule has 5 rings (SSSR count). The number of ether oxygens (including phenoxy) is 3. The molecule has 4 atom stereocenters. The number of nitrogens with one attached hydrogen (secondary N) is 1. The number of aliphatic hydroxyl groups is 1. The molecular formula is C37H39NO7S. The predicted molar refractivity (Wildman–Crippen MR) is 177 cm³/mol. The zero-order chi connectivity index (χ0) is 32.5. The van der Waals surface area contributed by atoms with E-state index in [1.54, 1.807) is 18.9 Å². The summed E-state index contributed by atoms with van der Waals surface area (Å²) in [6.45, 7) is 2.44. The first kappa shape index (κ1) is 33.2. The van der Waals surface area contributed by atoms with Crippen molar-refractivity contribution in [2.75, 3.05) is 12.9 Å². The summed E-state index contributed by atoms with van der Waals surface area (Å²) in [6, 6.07) is 31.8. The number of hydrogen-bond donors (Lipinski definition) is 3. The molecule has 0 spiro atoms. The number of hydrogen-bond acceptors (Lipinski definition) is 7. The van der Waals surface area contributed by atoms with Gasteiger partial charge in [-0.1, -0.05) is 79.7 Å². The van der Waals surface area contributed by atoms with Crippen LogP contribution < -0.4 is 10.1 Å². The first-order chi connectivity index (χ1) is 22.3. The fourth-order valence-corrected chi connectivity index (χ4v) is 6.65. The van der Waals surface area contributed by atoms with E-state index < -0.39 is 12.3 Å². The van der Waals surface area contributed by atoms with Crippen LogP contribution in [0.15, 0.2) is 102 Å². The van der Waals surface area contributed by atoms with E-state index >= 15 is 0 Å². The monoisotopic (exact) mass is 641 g/mol. The van der Waals surface area contributed by atoms with E-state index in [9.17, 15) is 14.7 Å². The quantitative estimate of drug-likeness (QED) is 0.135. The number of benzene rings is 4. The summed E-state index contributed by atoms with van der Waals surface area (Å²) in [6.07, 6.45) is -1.22. The van der Waals surface area contributed by atoms with Crippen molar-refractivity contribution in [2.45, 2.75) is 56.3 Å². The van der Waals surface area contributed by atoms with Crippen molar-refractivity contribution < 1.29 is 34.0 Å². The predicted octanol–water partition coefficient (Wildman–Crippen LogP) is 6.92. The number of thioether (sulfide) groups is 1. The molecule has 0 aromatic heterocycles. The van der Waals surface area contributed by atoms with Crippen molar-refractivity contribution in [1.29, 1.82) is 0 Å². The lowest BCUT2D eigenvalue weighted by atomic mass is 9.91. The zero-order valence-electron chi connectivity index (χ0n) is 25.9. The van der Waals surface area contributed by atoms with Gasteiger partial charge in [0.2, 0.25) is 5.91 Å². The van der Waals surface area contributed by atoms with Crippen molar-refractivity contribution in [3.8, 4) is 16.9 Å². The molecule has 0 saturated carbocycles. The van der Waals surface area contributed by atoms with Gasteiger partial charge in [-0.2, -0.15) is 0 Å². The summed E-state index contributed by atoms with van der Waals surface area (Å²) in [5.41, 5.74) is 5.62. The van der Waals surface area contributed by atoms with Crippen LogP contribution >= 0.6 is 11.8 Å². The Hall–Kier alpha value is -4.15. The summed E-state index contributed by atoms with van der Waals surface area (Å²) < 4.78 is 18.9. The van der Waals surface area contributed by atoms with Gasteiger partial charge in [-0.25, -0.2) is 0 Å². The Morgan fingerprint density at radius 1 is 0.848 bits per heavy atom. The highest BCUT2D eigenvalue weighted by molar-refractivity contribution is 7.99. The van der Waals surface area contributed by atoms with E-state index in [0.29, 0.717) is 12.3 Å². The summed E-state index contributed by atoms with van der Waals surface area (Å²) in [5, 5.41) is 21.2. The highest BCUT2D eigenvalue weighted by Crippen LogP contribution is 2.44. The molecular weight excluding hydrogens is 602 g/mol. The van der Waals surface area contributed by atoms with Crippen LogP contribution in [0.5, 0.6) is 5.75 Å². The molecule has 1 heterocycles. The van der Waals surface area contributed by atoms with E-state index in [0.717, 1.165) is 44.0 Å². The molecule has 4 aromatic rings. The molecule has 1 aliphatic heterocycles. The van der Waals surface area contributed by atoms with Gasteiger partial charge >= 0.3 is 5.97 Å². The third-order valence-corrected chi connectivity index (χ3v) is 9.21. The smallest absolute Gasteiger partial charge is 0.303 e. The third kappa shape index (κ3) is 8.55. The van der Waals surface area contributed by atoms with Gasteiger partial charge in [-0.05, 0) is 52.1 Å². The van der Waals surface area contributed by atoms with Gasteiger partial charge in [-0.3, -0.25) is 9.59 Å². The molecule has 0 aliphatic carbocycles. The Kier molecular flexibility index (Phi) is 11.5. The van der Waals surface area contributed by atoms with E-state index in [-0.39, 0.29) is 43.5 Å². The number of carbonyl (C=O) groups excluding carboxylic acids is 1. The average molecular weight is 642 g/mol. The Morgan fingerprint density at radius 2 is 1.59 bits per heavy atom. The minimum atomic E-state index is -0.996. The molecule has 240 valence electrons. The molecule has 8 nitrogen and oxygen atoms in total. The molecule has 1 fully saturated rings. The van der Waals surface area contributed by atoms with E-state index in [2.05, 4.69) is 24.4 Å². The molecule has 1 aliphatic rings. The van der Waals surface area contributed by atoms with Crippen LogP contribution in [0, 0.1) is 5.92 Å². The molecule has 0 bridgehead atoms. The van der Waals surface area contributed by atoms with Gasteiger partial charge in [0.1, 0.15) is 5.75 Å². The largest absolute Gasteiger partial charge is 0.496 e. The number of amides is 1. The highest BCUT2D eigenvalue weighted by atomic mass is 32.2. The summed E-state index contributed by atoms with van der Waals surface area (Å²) >= 11 is 1.70. The number of carboxylic acids is 1. The van der Waals surface area contributed by atoms with Gasteiger partial charge in [0.25, 0.3) is 0 Å². The van der Waals surface area contributed by atoms with Gasteiger partial charge in [0.05, 0.1) is 32.3 Å². The molecule has 0 unspecified atom stereocenters. The van der Waals surface area contributed by atoms with Crippen LogP contribution in [0.25, 0.3) is 11.1 Å². The molecule has 1 amide bonds. The Balaban J connectivity index is 1.37. The SMILES string of the molecule is COc1ccccc1SC[C@H]1O[C@@H](c2cccc(-c3cccc(CNC(=O)CCC(=O)O)c3)c2)O[C@@H](c2ccc(CO)cc2)[C@H]1C. The Bertz CT molecular complexity index is 1630. The Morgan fingerprint density at radius 3 is 2.33 bits per heavy atom. The third-order valence-electron chi connectivity index (χ3n) is 8.07. The lowest BCUT2D eigenvalue weighted by Crippen LogP contribution is -2.38. The average Bonchev–Trinajstić information content (AvgIpc) is 3.09. The van der Waals surface area contributed by atoms with Crippen molar-refractivity contribution >= 4 is 23.6 Å². The fourth-order valence-electron chi connectivity index (χ4n) is 5.46. The maximum absolute atomic E-state index is 12.0. The molecule has 4 aromatic carbocycles. The van der Waals surface area contributed by atoms with Crippen LogP contribution in [-0.4, -0.2) is 41.1 Å². The number of para-hydroxylation sites is 1. The van der Waals surface area contributed by atoms with Gasteiger partial charge in [0.15, 0.2) is 6.29 Å². The van der Waals surface area contributed by atoms with Gasteiger partial charge in [-0.15, -0.1) is 11.8 Å². The maximum Gasteiger partial charge on any atom is 0.303 e. The number of aliphatic carboxylic acids is 1. The molecule has 46 heavy (non-hydrogen) atoms. The van der Waals surface area contributed by atoms with Crippen LogP contribution in [0.4, 0.5) is 0 Å². The van der Waals surface area contributed by atoms with E-state index in [1.807, 2.05) is 84.9 Å².